The largest absolute Gasteiger partial charge is 0.394 e. The highest BCUT2D eigenvalue weighted by Crippen LogP contribution is 2.25. The summed E-state index contributed by atoms with van der Waals surface area (Å²) in [5.41, 5.74) is 0.994. The Labute approximate surface area is 169 Å². The number of aliphatic hydroxyl groups is 2. The fraction of sp³-hybridized carbons (Fsp3) is 0.333. The lowest BCUT2D eigenvalue weighted by Gasteiger charge is -2.08. The fourth-order valence-corrected chi connectivity index (χ4v) is 3.42. The van der Waals surface area contributed by atoms with Crippen molar-refractivity contribution in [2.24, 2.45) is 20.7 Å². The average Bonchev–Trinajstić information content (AvgIpc) is 2.72. The summed E-state index contributed by atoms with van der Waals surface area (Å²) in [5, 5.41) is 36.4. The molecule has 0 saturated heterocycles. The van der Waals surface area contributed by atoms with Gasteiger partial charge in [0, 0.05) is 14.1 Å². The first-order valence-electron chi connectivity index (χ1n) is 8.79. The van der Waals surface area contributed by atoms with Gasteiger partial charge in [-0.2, -0.15) is 0 Å². The number of hydrogen-bond donors (Lipinski definition) is 2. The summed E-state index contributed by atoms with van der Waals surface area (Å²) in [4.78, 5) is 0.273. The molecule has 0 bridgehead atoms. The van der Waals surface area contributed by atoms with E-state index in [-0.39, 0.29) is 23.0 Å². The molecule has 0 heterocycles. The zero-order chi connectivity index (χ0) is 21.3. The van der Waals surface area contributed by atoms with Crippen LogP contribution in [0.3, 0.4) is 0 Å². The van der Waals surface area contributed by atoms with Gasteiger partial charge >= 0.3 is 0 Å². The molecule has 2 aromatic rings. The first-order valence-corrected chi connectivity index (χ1v) is 10.3. The van der Waals surface area contributed by atoms with Crippen molar-refractivity contribution in [3.8, 4) is 0 Å². The van der Waals surface area contributed by atoms with E-state index in [0.29, 0.717) is 24.5 Å². The van der Waals surface area contributed by atoms with Crippen molar-refractivity contribution in [2.75, 3.05) is 40.4 Å². The number of aliphatic hydroxyl groups excluding tert-OH is 2. The lowest BCUT2D eigenvalue weighted by atomic mass is 10.3. The standard InChI is InChI=1S/C18H24N6O4S/c1-23(11-13-25)21-19-15-3-7-17(8-4-15)29(27,28)18-9-5-16(6-10-18)20-22-24(2)12-14-26/h3-10,25-26H,11-14H2,1-2H3. The molecule has 2 aromatic carbocycles. The third kappa shape index (κ3) is 6.59. The van der Waals surface area contributed by atoms with E-state index < -0.39 is 9.84 Å². The maximum atomic E-state index is 12.8. The normalized spacial score (nSPS) is 12.0. The Morgan fingerprint density at radius 3 is 1.38 bits per heavy atom. The minimum atomic E-state index is -3.68. The lowest BCUT2D eigenvalue weighted by Crippen LogP contribution is -2.14. The lowest BCUT2D eigenvalue weighted by molar-refractivity contribution is 0.219. The van der Waals surface area contributed by atoms with E-state index in [4.69, 9.17) is 10.2 Å². The van der Waals surface area contributed by atoms with E-state index in [9.17, 15) is 8.42 Å². The predicted octanol–water partition coefficient (Wildman–Crippen LogP) is 2.37. The minimum Gasteiger partial charge on any atom is -0.394 e. The molecular weight excluding hydrogens is 396 g/mol. The molecule has 0 unspecified atom stereocenters. The molecule has 0 aliphatic carbocycles. The molecule has 0 saturated carbocycles. The molecule has 0 fully saturated rings. The van der Waals surface area contributed by atoms with Crippen LogP contribution in [0.1, 0.15) is 0 Å². The van der Waals surface area contributed by atoms with Gasteiger partial charge in [-0.05, 0) is 48.5 Å². The molecular formula is C18H24N6O4S. The van der Waals surface area contributed by atoms with Crippen LogP contribution < -0.4 is 0 Å². The van der Waals surface area contributed by atoms with Crippen molar-refractivity contribution >= 4 is 21.2 Å². The summed E-state index contributed by atoms with van der Waals surface area (Å²) in [7, 11) is -0.338. The highest BCUT2D eigenvalue weighted by atomic mass is 32.2. The van der Waals surface area contributed by atoms with Crippen molar-refractivity contribution in [1.82, 2.24) is 10.0 Å². The van der Waals surface area contributed by atoms with E-state index in [0.717, 1.165) is 0 Å². The highest BCUT2D eigenvalue weighted by molar-refractivity contribution is 7.91. The van der Waals surface area contributed by atoms with E-state index in [1.165, 1.54) is 34.3 Å². The fourth-order valence-electron chi connectivity index (χ4n) is 2.15. The number of nitrogens with zero attached hydrogens (tertiary/aromatic N) is 6. The Hall–Kier alpha value is -2.89. The second-order valence-electron chi connectivity index (χ2n) is 6.08. The number of sulfone groups is 1. The molecule has 0 spiro atoms. The van der Waals surface area contributed by atoms with Crippen molar-refractivity contribution in [1.29, 1.82) is 0 Å². The van der Waals surface area contributed by atoms with Gasteiger partial charge in [-0.1, -0.05) is 10.4 Å². The van der Waals surface area contributed by atoms with Gasteiger partial charge in [0.1, 0.15) is 0 Å². The Balaban J connectivity index is 2.12. The van der Waals surface area contributed by atoms with Crippen molar-refractivity contribution in [3.63, 3.8) is 0 Å². The smallest absolute Gasteiger partial charge is 0.206 e. The number of hydrogen-bond acceptors (Lipinski definition) is 8. The summed E-state index contributed by atoms with van der Waals surface area (Å²) in [5.74, 6) is 0. The van der Waals surface area contributed by atoms with Crippen LogP contribution in [0.15, 0.2) is 79.0 Å². The van der Waals surface area contributed by atoms with Gasteiger partial charge in [0.15, 0.2) is 0 Å². The first kappa shape index (κ1) is 22.4. The Kier molecular flexibility index (Phi) is 8.19. The highest BCUT2D eigenvalue weighted by Gasteiger charge is 2.17. The van der Waals surface area contributed by atoms with Gasteiger partial charge in [-0.15, -0.1) is 10.2 Å². The van der Waals surface area contributed by atoms with Gasteiger partial charge in [-0.25, -0.2) is 8.42 Å². The molecule has 0 aliphatic rings. The van der Waals surface area contributed by atoms with E-state index in [2.05, 4.69) is 20.7 Å². The zero-order valence-corrected chi connectivity index (χ0v) is 17.1. The monoisotopic (exact) mass is 420 g/mol. The Morgan fingerprint density at radius 2 is 1.07 bits per heavy atom. The third-order valence-corrected chi connectivity index (χ3v) is 5.55. The molecule has 156 valence electrons. The quantitative estimate of drug-likeness (QED) is 0.448. The third-order valence-electron chi connectivity index (χ3n) is 3.77. The Bertz CT molecular complexity index is 858. The molecule has 10 nitrogen and oxygen atoms in total. The summed E-state index contributed by atoms with van der Waals surface area (Å²) in [6.45, 7) is 0.630. The van der Waals surface area contributed by atoms with Crippen molar-refractivity contribution in [2.45, 2.75) is 9.79 Å². The molecule has 11 heteroatoms. The van der Waals surface area contributed by atoms with Gasteiger partial charge in [0.05, 0.1) is 47.5 Å². The second-order valence-corrected chi connectivity index (χ2v) is 8.03. The SMILES string of the molecule is CN(CCO)N=Nc1ccc(S(=O)(=O)c2ccc(N=NN(C)CCO)cc2)cc1. The van der Waals surface area contributed by atoms with Crippen molar-refractivity contribution in [3.05, 3.63) is 48.5 Å². The van der Waals surface area contributed by atoms with Gasteiger partial charge < -0.3 is 10.2 Å². The number of likely N-dealkylation sites (N-methyl/N-ethyl adjacent to an activating group) is 2. The summed E-state index contributed by atoms with van der Waals surface area (Å²) in [6.07, 6.45) is 0. The molecule has 0 amide bonds. The van der Waals surface area contributed by atoms with Crippen LogP contribution in [0.4, 0.5) is 11.4 Å². The number of rotatable bonds is 10. The maximum Gasteiger partial charge on any atom is 0.206 e. The molecule has 0 aliphatic heterocycles. The van der Waals surface area contributed by atoms with Crippen LogP contribution in [0, 0.1) is 0 Å². The Morgan fingerprint density at radius 1 is 0.724 bits per heavy atom. The maximum absolute atomic E-state index is 12.8. The average molecular weight is 420 g/mol. The molecule has 0 aromatic heterocycles. The van der Waals surface area contributed by atoms with E-state index in [1.54, 1.807) is 38.4 Å². The molecule has 29 heavy (non-hydrogen) atoms. The van der Waals surface area contributed by atoms with E-state index in [1.807, 2.05) is 0 Å². The molecule has 2 N–H and O–H groups in total. The number of benzene rings is 2. The van der Waals surface area contributed by atoms with Crippen LogP contribution >= 0.6 is 0 Å². The summed E-state index contributed by atoms with van der Waals surface area (Å²) < 4.78 is 25.6. The molecule has 2 rings (SSSR count). The summed E-state index contributed by atoms with van der Waals surface area (Å²) in [6, 6.07) is 12.1. The van der Waals surface area contributed by atoms with Crippen LogP contribution in [0.2, 0.25) is 0 Å². The van der Waals surface area contributed by atoms with Gasteiger partial charge in [-0.3, -0.25) is 10.0 Å². The topological polar surface area (TPSA) is 131 Å². The van der Waals surface area contributed by atoms with Crippen LogP contribution in [0.5, 0.6) is 0 Å². The zero-order valence-electron chi connectivity index (χ0n) is 16.2. The van der Waals surface area contributed by atoms with Crippen LogP contribution in [-0.4, -0.2) is 69.0 Å². The molecule has 0 atom stereocenters. The second kappa shape index (κ2) is 10.6. The van der Waals surface area contributed by atoms with E-state index >= 15 is 0 Å². The van der Waals surface area contributed by atoms with Crippen LogP contribution in [-0.2, 0) is 9.84 Å². The van der Waals surface area contributed by atoms with Crippen LogP contribution in [0.25, 0.3) is 0 Å². The van der Waals surface area contributed by atoms with Crippen molar-refractivity contribution < 1.29 is 18.6 Å². The van der Waals surface area contributed by atoms with Gasteiger partial charge in [0.25, 0.3) is 0 Å². The predicted molar refractivity (Wildman–Crippen MR) is 107 cm³/mol. The molecule has 0 radical (unpaired) electrons. The summed E-state index contributed by atoms with van der Waals surface area (Å²) >= 11 is 0. The first-order chi connectivity index (χ1) is 13.9. The van der Waals surface area contributed by atoms with Gasteiger partial charge in [0.2, 0.25) is 9.84 Å². The minimum absolute atomic E-state index is 0.0355.